The number of hydrogen-bond acceptors (Lipinski definition) is 6. The third kappa shape index (κ3) is 2.92. The smallest absolute Gasteiger partial charge is 0.236 e. The van der Waals surface area contributed by atoms with Crippen LogP contribution in [-0.4, -0.2) is 40.3 Å². The van der Waals surface area contributed by atoms with E-state index in [9.17, 15) is 4.79 Å². The zero-order valence-corrected chi connectivity index (χ0v) is 17.7. The van der Waals surface area contributed by atoms with Crippen molar-refractivity contribution < 1.29 is 9.53 Å². The van der Waals surface area contributed by atoms with E-state index in [0.717, 1.165) is 39.3 Å². The highest BCUT2D eigenvalue weighted by Gasteiger charge is 2.49. The van der Waals surface area contributed by atoms with E-state index in [0.29, 0.717) is 18.9 Å². The fourth-order valence-corrected chi connectivity index (χ4v) is 5.64. The molecule has 0 radical (unpaired) electrons. The highest BCUT2D eigenvalue weighted by atomic mass is 32.1. The number of rotatable bonds is 3. The van der Waals surface area contributed by atoms with Gasteiger partial charge >= 0.3 is 0 Å². The van der Waals surface area contributed by atoms with Crippen LogP contribution in [0.15, 0.2) is 48.4 Å². The van der Waals surface area contributed by atoms with Crippen molar-refractivity contribution in [2.45, 2.75) is 31.1 Å². The van der Waals surface area contributed by atoms with Crippen LogP contribution in [0.25, 0.3) is 11.1 Å². The fourth-order valence-electron chi connectivity index (χ4n) is 4.53. The second-order valence-corrected chi connectivity index (χ2v) is 9.07. The zero-order valence-electron chi connectivity index (χ0n) is 16.9. The minimum atomic E-state index is -0.507. The van der Waals surface area contributed by atoms with Crippen LogP contribution in [0.5, 0.6) is 5.75 Å². The summed E-state index contributed by atoms with van der Waals surface area (Å²) in [6.07, 6.45) is 6.47. The van der Waals surface area contributed by atoms with Crippen molar-refractivity contribution in [2.75, 3.05) is 13.7 Å². The molecule has 1 unspecified atom stereocenters. The van der Waals surface area contributed by atoms with Crippen LogP contribution >= 0.6 is 11.3 Å². The molecule has 152 valence electrons. The zero-order chi connectivity index (χ0) is 20.9. The molecule has 1 fully saturated rings. The van der Waals surface area contributed by atoms with Gasteiger partial charge in [-0.3, -0.25) is 10.2 Å². The highest BCUT2D eigenvalue weighted by molar-refractivity contribution is 7.10. The number of hydrogen-bond donors (Lipinski definition) is 1. The third-order valence-electron chi connectivity index (χ3n) is 6.26. The van der Waals surface area contributed by atoms with Gasteiger partial charge in [0.05, 0.1) is 12.5 Å². The molecular formula is C23H22N4O2S. The van der Waals surface area contributed by atoms with Gasteiger partial charge in [0.15, 0.2) is 0 Å². The lowest BCUT2D eigenvalue weighted by atomic mass is 9.66. The minimum Gasteiger partial charge on any atom is -0.493 e. The summed E-state index contributed by atoms with van der Waals surface area (Å²) < 4.78 is 5.66. The molecule has 30 heavy (non-hydrogen) atoms. The molecule has 2 aromatic heterocycles. The molecule has 1 saturated heterocycles. The van der Waals surface area contributed by atoms with Crippen LogP contribution in [0.3, 0.4) is 0 Å². The van der Waals surface area contributed by atoms with E-state index in [4.69, 9.17) is 10.1 Å². The number of nitrogens with one attached hydrogen (secondary N) is 1. The number of piperidine rings is 1. The summed E-state index contributed by atoms with van der Waals surface area (Å²) >= 11 is 1.63. The third-order valence-corrected chi connectivity index (χ3v) is 7.47. The maximum absolute atomic E-state index is 13.4. The second-order valence-electron chi connectivity index (χ2n) is 8.16. The standard InChI is InChI=1S/C23H22N4O2S/c1-23(19-8-16(12-30-19)17-10-25-13-26-11-17)9-20(24)27(2)22(28)21(23)15-3-4-18-14(7-15)5-6-29-18/h3-4,7-8,10-13,21,24H,5-6,9H2,1-2H3/t21?,23-/m1/s1. The maximum Gasteiger partial charge on any atom is 0.236 e. The van der Waals surface area contributed by atoms with E-state index >= 15 is 0 Å². The van der Waals surface area contributed by atoms with Crippen LogP contribution in [0, 0.1) is 5.41 Å². The molecule has 1 amide bonds. The normalized spacial score (nSPS) is 23.4. The Morgan fingerprint density at radius 2 is 2.03 bits per heavy atom. The SMILES string of the molecule is CN1C(=N)C[C@](C)(c2cc(-c3cncnc3)cs2)C(c2ccc3c(c2)CCO3)C1=O. The van der Waals surface area contributed by atoms with Crippen molar-refractivity contribution in [3.8, 4) is 16.9 Å². The number of thiophene rings is 1. The molecule has 2 aliphatic rings. The van der Waals surface area contributed by atoms with Crippen molar-refractivity contribution >= 4 is 23.1 Å². The number of fused-ring (bicyclic) bond motifs is 1. The predicted octanol–water partition coefficient (Wildman–Crippen LogP) is 4.02. The fraction of sp³-hybridized carbons (Fsp3) is 0.304. The number of benzene rings is 1. The average Bonchev–Trinajstić information content (AvgIpc) is 3.42. The van der Waals surface area contributed by atoms with Crippen molar-refractivity contribution in [3.05, 3.63) is 64.4 Å². The number of aromatic nitrogens is 2. The second kappa shape index (κ2) is 7.02. The Balaban J connectivity index is 1.61. The number of amides is 1. The van der Waals surface area contributed by atoms with Crippen LogP contribution in [0.2, 0.25) is 0 Å². The van der Waals surface area contributed by atoms with E-state index in [1.807, 2.05) is 12.1 Å². The predicted molar refractivity (Wildman–Crippen MR) is 116 cm³/mol. The van der Waals surface area contributed by atoms with Gasteiger partial charge in [0.25, 0.3) is 0 Å². The number of likely N-dealkylation sites (tertiary alicyclic amines) is 1. The number of carbonyl (C=O) groups is 1. The van der Waals surface area contributed by atoms with Gasteiger partial charge < -0.3 is 9.64 Å². The number of nitrogens with zero attached hydrogens (tertiary/aromatic N) is 3. The van der Waals surface area contributed by atoms with Gasteiger partial charge in [0.2, 0.25) is 5.91 Å². The van der Waals surface area contributed by atoms with Gasteiger partial charge in [-0.2, -0.15) is 0 Å². The molecule has 7 heteroatoms. The largest absolute Gasteiger partial charge is 0.493 e. The Kier molecular flexibility index (Phi) is 4.43. The van der Waals surface area contributed by atoms with Crippen molar-refractivity contribution in [1.29, 1.82) is 5.41 Å². The number of likely N-dealkylation sites (N-methyl/N-ethyl adjacent to an activating group) is 1. The first-order valence-corrected chi connectivity index (χ1v) is 10.8. The van der Waals surface area contributed by atoms with Gasteiger partial charge in [-0.15, -0.1) is 11.3 Å². The lowest BCUT2D eigenvalue weighted by Gasteiger charge is -2.44. The highest BCUT2D eigenvalue weighted by Crippen LogP contribution is 2.49. The summed E-state index contributed by atoms with van der Waals surface area (Å²) in [6.45, 7) is 2.80. The molecule has 5 rings (SSSR count). The number of amidine groups is 1. The maximum atomic E-state index is 13.4. The molecule has 4 heterocycles. The van der Waals surface area contributed by atoms with E-state index in [2.05, 4.69) is 34.4 Å². The van der Waals surface area contributed by atoms with Crippen molar-refractivity contribution in [2.24, 2.45) is 0 Å². The Hall–Kier alpha value is -3.06. The molecule has 0 spiro atoms. The van der Waals surface area contributed by atoms with E-state index in [1.165, 1.54) is 11.2 Å². The van der Waals surface area contributed by atoms with Crippen molar-refractivity contribution in [1.82, 2.24) is 14.9 Å². The van der Waals surface area contributed by atoms with E-state index in [-0.39, 0.29) is 11.8 Å². The Morgan fingerprint density at radius 3 is 2.83 bits per heavy atom. The Morgan fingerprint density at radius 1 is 1.23 bits per heavy atom. The summed E-state index contributed by atoms with van der Waals surface area (Å²) in [5.41, 5.74) is 3.62. The lowest BCUT2D eigenvalue weighted by Crippen LogP contribution is -2.51. The van der Waals surface area contributed by atoms with Gasteiger partial charge in [-0.25, -0.2) is 9.97 Å². The first kappa shape index (κ1) is 18.9. The summed E-state index contributed by atoms with van der Waals surface area (Å²) in [7, 11) is 1.70. The molecular weight excluding hydrogens is 396 g/mol. The van der Waals surface area contributed by atoms with Crippen molar-refractivity contribution in [3.63, 3.8) is 0 Å². The van der Waals surface area contributed by atoms with E-state index in [1.54, 1.807) is 30.8 Å². The molecule has 2 aliphatic heterocycles. The summed E-state index contributed by atoms with van der Waals surface area (Å²) in [5, 5.41) is 10.5. The quantitative estimate of drug-likeness (QED) is 0.697. The minimum absolute atomic E-state index is 0.0365. The molecule has 6 nitrogen and oxygen atoms in total. The Labute approximate surface area is 179 Å². The molecule has 1 N–H and O–H groups in total. The van der Waals surface area contributed by atoms with Crippen LogP contribution in [0.1, 0.15) is 35.3 Å². The molecule has 2 atom stereocenters. The topological polar surface area (TPSA) is 79.2 Å². The molecule has 0 bridgehead atoms. The van der Waals surface area contributed by atoms with Crippen LogP contribution < -0.4 is 4.74 Å². The molecule has 3 aromatic rings. The monoisotopic (exact) mass is 418 g/mol. The summed E-state index contributed by atoms with van der Waals surface area (Å²) in [4.78, 5) is 24.3. The Bertz CT molecular complexity index is 1140. The molecule has 0 aliphatic carbocycles. The van der Waals surface area contributed by atoms with Crippen LogP contribution in [-0.2, 0) is 16.6 Å². The van der Waals surface area contributed by atoms with Gasteiger partial charge in [0.1, 0.15) is 17.9 Å². The first-order valence-electron chi connectivity index (χ1n) is 9.92. The first-order chi connectivity index (χ1) is 14.5. The summed E-state index contributed by atoms with van der Waals surface area (Å²) in [6, 6.07) is 8.23. The van der Waals surface area contributed by atoms with Gasteiger partial charge in [-0.1, -0.05) is 19.1 Å². The molecule has 0 saturated carbocycles. The van der Waals surface area contributed by atoms with Gasteiger partial charge in [0, 0.05) is 48.1 Å². The number of ether oxygens (including phenoxy) is 1. The molecule has 1 aromatic carbocycles. The summed E-state index contributed by atoms with van der Waals surface area (Å²) in [5.74, 6) is 0.861. The van der Waals surface area contributed by atoms with Gasteiger partial charge in [-0.05, 0) is 34.2 Å². The average molecular weight is 419 g/mol. The number of carbonyl (C=O) groups excluding carboxylic acids is 1. The van der Waals surface area contributed by atoms with Crippen LogP contribution in [0.4, 0.5) is 0 Å². The van der Waals surface area contributed by atoms with E-state index < -0.39 is 5.41 Å². The lowest BCUT2D eigenvalue weighted by molar-refractivity contribution is -0.131.